The highest BCUT2D eigenvalue weighted by Crippen LogP contribution is 2.38. The standard InChI is InChI=1S/C19H17NO5/c21-18(12-6-7-16-17(10-12)25-9-3-8-24-16)20-11-14(19(22)23)13-4-1-2-5-15(13)20/h1-2,4-7,10,14H,3,8-9,11H2,(H,22,23)/t14-/m1/s1. The van der Waals surface area contributed by atoms with E-state index in [2.05, 4.69) is 0 Å². The molecule has 6 nitrogen and oxygen atoms in total. The zero-order valence-corrected chi connectivity index (χ0v) is 13.5. The second-order valence-corrected chi connectivity index (χ2v) is 6.08. The predicted octanol–water partition coefficient (Wildman–Crippen LogP) is 2.68. The summed E-state index contributed by atoms with van der Waals surface area (Å²) < 4.78 is 11.2. The van der Waals surface area contributed by atoms with Crippen LogP contribution in [0.15, 0.2) is 42.5 Å². The van der Waals surface area contributed by atoms with Crippen molar-refractivity contribution in [1.29, 1.82) is 0 Å². The van der Waals surface area contributed by atoms with Crippen LogP contribution < -0.4 is 14.4 Å². The SMILES string of the molecule is O=C(O)[C@@H]1CN(C(=O)c2ccc3c(c2)OCCCO3)c2ccccc21. The van der Waals surface area contributed by atoms with Gasteiger partial charge in [-0.25, -0.2) is 0 Å². The summed E-state index contributed by atoms with van der Waals surface area (Å²) >= 11 is 0. The summed E-state index contributed by atoms with van der Waals surface area (Å²) in [6.07, 6.45) is 0.789. The maximum Gasteiger partial charge on any atom is 0.312 e. The maximum atomic E-state index is 13.0. The van der Waals surface area contributed by atoms with Crippen LogP contribution in [0.3, 0.4) is 0 Å². The number of fused-ring (bicyclic) bond motifs is 2. The highest BCUT2D eigenvalue weighted by molar-refractivity contribution is 6.09. The van der Waals surface area contributed by atoms with E-state index in [4.69, 9.17) is 9.47 Å². The molecular weight excluding hydrogens is 322 g/mol. The van der Waals surface area contributed by atoms with Crippen molar-refractivity contribution in [3.63, 3.8) is 0 Å². The lowest BCUT2D eigenvalue weighted by Crippen LogP contribution is -2.31. The van der Waals surface area contributed by atoms with Crippen molar-refractivity contribution in [1.82, 2.24) is 0 Å². The number of carbonyl (C=O) groups excluding carboxylic acids is 1. The van der Waals surface area contributed by atoms with Crippen molar-refractivity contribution in [2.45, 2.75) is 12.3 Å². The van der Waals surface area contributed by atoms with E-state index in [1.807, 2.05) is 0 Å². The Kier molecular flexibility index (Phi) is 3.80. The first-order valence-electron chi connectivity index (χ1n) is 8.18. The number of carboxylic acids is 1. The van der Waals surface area contributed by atoms with Crippen LogP contribution in [0.25, 0.3) is 0 Å². The van der Waals surface area contributed by atoms with E-state index in [-0.39, 0.29) is 12.5 Å². The van der Waals surface area contributed by atoms with Crippen molar-refractivity contribution in [2.24, 2.45) is 0 Å². The van der Waals surface area contributed by atoms with Crippen molar-refractivity contribution in [2.75, 3.05) is 24.7 Å². The molecule has 1 amide bonds. The topological polar surface area (TPSA) is 76.1 Å². The molecule has 1 atom stereocenters. The van der Waals surface area contributed by atoms with Gasteiger partial charge in [-0.05, 0) is 29.8 Å². The van der Waals surface area contributed by atoms with Gasteiger partial charge in [0.15, 0.2) is 11.5 Å². The molecule has 2 heterocycles. The van der Waals surface area contributed by atoms with Gasteiger partial charge >= 0.3 is 5.97 Å². The summed E-state index contributed by atoms with van der Waals surface area (Å²) in [6.45, 7) is 1.25. The monoisotopic (exact) mass is 339 g/mol. The molecule has 0 radical (unpaired) electrons. The number of carbonyl (C=O) groups is 2. The molecule has 0 unspecified atom stereocenters. The number of carboxylic acid groups (broad SMARTS) is 1. The minimum Gasteiger partial charge on any atom is -0.490 e. The number of ether oxygens (including phenoxy) is 2. The van der Waals surface area contributed by atoms with Gasteiger partial charge < -0.3 is 19.5 Å². The second kappa shape index (κ2) is 6.12. The molecule has 128 valence electrons. The fourth-order valence-electron chi connectivity index (χ4n) is 3.26. The average Bonchev–Trinajstić information content (AvgIpc) is 2.85. The first kappa shape index (κ1) is 15.5. The van der Waals surface area contributed by atoms with Crippen LogP contribution >= 0.6 is 0 Å². The van der Waals surface area contributed by atoms with Crippen molar-refractivity contribution in [3.05, 3.63) is 53.6 Å². The summed E-state index contributed by atoms with van der Waals surface area (Å²) in [7, 11) is 0. The molecule has 2 aliphatic rings. The van der Waals surface area contributed by atoms with Crippen LogP contribution in [0.1, 0.15) is 28.3 Å². The number of rotatable bonds is 2. The third-order valence-corrected chi connectivity index (χ3v) is 4.51. The molecule has 0 fully saturated rings. The molecule has 0 saturated carbocycles. The van der Waals surface area contributed by atoms with Gasteiger partial charge in [-0.2, -0.15) is 0 Å². The summed E-state index contributed by atoms with van der Waals surface area (Å²) in [6, 6.07) is 12.2. The molecule has 2 aliphatic heterocycles. The van der Waals surface area contributed by atoms with E-state index in [1.54, 1.807) is 42.5 Å². The Morgan fingerprint density at radius 1 is 1.04 bits per heavy atom. The van der Waals surface area contributed by atoms with Gasteiger partial charge in [-0.15, -0.1) is 0 Å². The van der Waals surface area contributed by atoms with Crippen LogP contribution in [0.5, 0.6) is 11.5 Å². The molecule has 0 saturated heterocycles. The minimum atomic E-state index is -0.929. The number of anilines is 1. The quantitative estimate of drug-likeness (QED) is 0.910. The van der Waals surface area contributed by atoms with Gasteiger partial charge in [0.05, 0.1) is 13.2 Å². The normalized spacial score (nSPS) is 18.4. The van der Waals surface area contributed by atoms with Crippen LogP contribution in [0.4, 0.5) is 5.69 Å². The first-order valence-corrected chi connectivity index (χ1v) is 8.18. The van der Waals surface area contributed by atoms with Gasteiger partial charge in [-0.3, -0.25) is 9.59 Å². The molecular formula is C19H17NO5. The summed E-state index contributed by atoms with van der Waals surface area (Å²) in [5.41, 5.74) is 1.76. The van der Waals surface area contributed by atoms with E-state index in [0.29, 0.717) is 41.5 Å². The highest BCUT2D eigenvalue weighted by atomic mass is 16.5. The highest BCUT2D eigenvalue weighted by Gasteiger charge is 2.36. The van der Waals surface area contributed by atoms with Gasteiger partial charge in [-0.1, -0.05) is 18.2 Å². The summed E-state index contributed by atoms with van der Waals surface area (Å²) in [5, 5.41) is 9.44. The average molecular weight is 339 g/mol. The molecule has 1 N–H and O–H groups in total. The van der Waals surface area contributed by atoms with Crippen LogP contribution in [0, 0.1) is 0 Å². The molecule has 0 spiro atoms. The van der Waals surface area contributed by atoms with E-state index >= 15 is 0 Å². The van der Waals surface area contributed by atoms with Crippen LogP contribution in [-0.4, -0.2) is 36.7 Å². The van der Waals surface area contributed by atoms with Crippen molar-refractivity contribution in [3.8, 4) is 11.5 Å². The molecule has 2 aromatic rings. The number of hydrogen-bond acceptors (Lipinski definition) is 4. The lowest BCUT2D eigenvalue weighted by molar-refractivity contribution is -0.138. The molecule has 2 aromatic carbocycles. The van der Waals surface area contributed by atoms with E-state index in [9.17, 15) is 14.7 Å². The Balaban J connectivity index is 1.68. The van der Waals surface area contributed by atoms with Crippen molar-refractivity contribution >= 4 is 17.6 Å². The van der Waals surface area contributed by atoms with Gasteiger partial charge in [0.25, 0.3) is 5.91 Å². The maximum absolute atomic E-state index is 13.0. The Morgan fingerprint density at radius 2 is 1.80 bits per heavy atom. The van der Waals surface area contributed by atoms with Crippen molar-refractivity contribution < 1.29 is 24.2 Å². The smallest absolute Gasteiger partial charge is 0.312 e. The number of amides is 1. The zero-order chi connectivity index (χ0) is 17.4. The fourth-order valence-corrected chi connectivity index (χ4v) is 3.26. The Morgan fingerprint density at radius 3 is 2.60 bits per heavy atom. The molecule has 4 rings (SSSR count). The fraction of sp³-hybridized carbons (Fsp3) is 0.263. The Bertz CT molecular complexity index is 847. The van der Waals surface area contributed by atoms with Gasteiger partial charge in [0.2, 0.25) is 0 Å². The third kappa shape index (κ3) is 2.69. The number of nitrogens with zero attached hydrogens (tertiary/aromatic N) is 1. The lowest BCUT2D eigenvalue weighted by Gasteiger charge is -2.18. The molecule has 25 heavy (non-hydrogen) atoms. The van der Waals surface area contributed by atoms with E-state index in [1.165, 1.54) is 4.90 Å². The predicted molar refractivity (Wildman–Crippen MR) is 90.5 cm³/mol. The van der Waals surface area contributed by atoms with Gasteiger partial charge in [0, 0.05) is 24.2 Å². The molecule has 0 aliphatic carbocycles. The summed E-state index contributed by atoms with van der Waals surface area (Å²) in [5.74, 6) is -0.710. The second-order valence-electron chi connectivity index (χ2n) is 6.08. The molecule has 0 aromatic heterocycles. The largest absolute Gasteiger partial charge is 0.490 e. The minimum absolute atomic E-state index is 0.127. The zero-order valence-electron chi connectivity index (χ0n) is 13.5. The Hall–Kier alpha value is -3.02. The van der Waals surface area contributed by atoms with Crippen LogP contribution in [-0.2, 0) is 4.79 Å². The number of para-hydroxylation sites is 1. The van der Waals surface area contributed by atoms with E-state index in [0.717, 1.165) is 6.42 Å². The van der Waals surface area contributed by atoms with Gasteiger partial charge in [0.1, 0.15) is 5.92 Å². The number of aliphatic carboxylic acids is 1. The molecule has 6 heteroatoms. The summed E-state index contributed by atoms with van der Waals surface area (Å²) in [4.78, 5) is 26.0. The number of hydrogen-bond donors (Lipinski definition) is 1. The Labute approximate surface area is 144 Å². The first-order chi connectivity index (χ1) is 12.1. The van der Waals surface area contributed by atoms with E-state index < -0.39 is 11.9 Å². The molecule has 0 bridgehead atoms. The number of benzene rings is 2. The third-order valence-electron chi connectivity index (χ3n) is 4.51. The van der Waals surface area contributed by atoms with Crippen LogP contribution in [0.2, 0.25) is 0 Å². The lowest BCUT2D eigenvalue weighted by atomic mass is 10.0.